The van der Waals surface area contributed by atoms with Gasteiger partial charge in [-0.3, -0.25) is 0 Å². The van der Waals surface area contributed by atoms with Gasteiger partial charge in [0.15, 0.2) is 5.82 Å². The van der Waals surface area contributed by atoms with E-state index in [1.54, 1.807) is 18.9 Å². The Bertz CT molecular complexity index is 960. The lowest BCUT2D eigenvalue weighted by atomic mass is 10.0. The van der Waals surface area contributed by atoms with Crippen LogP contribution < -0.4 is 4.74 Å². The number of aryl methyl sites for hydroxylation is 2. The van der Waals surface area contributed by atoms with Gasteiger partial charge >= 0.3 is 0 Å². The van der Waals surface area contributed by atoms with Gasteiger partial charge < -0.3 is 4.74 Å². The van der Waals surface area contributed by atoms with Crippen molar-refractivity contribution in [1.82, 2.24) is 14.9 Å². The van der Waals surface area contributed by atoms with Gasteiger partial charge in [-0.25, -0.2) is 0 Å². The number of methoxy groups -OCH3 is 1. The van der Waals surface area contributed by atoms with Gasteiger partial charge in [0.25, 0.3) is 0 Å². The van der Waals surface area contributed by atoms with Crippen molar-refractivity contribution in [3.05, 3.63) is 59.2 Å². The number of aromatic nitrogens is 3. The van der Waals surface area contributed by atoms with Crippen LogP contribution in [0, 0.1) is 13.8 Å². The largest absolute Gasteiger partial charge is 0.497 e. The van der Waals surface area contributed by atoms with E-state index in [2.05, 4.69) is 42.2 Å². The van der Waals surface area contributed by atoms with Crippen molar-refractivity contribution in [2.24, 2.45) is 5.10 Å². The highest BCUT2D eigenvalue weighted by Gasteiger charge is 2.21. The average Bonchev–Trinajstić information content (AvgIpc) is 3.07. The van der Waals surface area contributed by atoms with Crippen molar-refractivity contribution in [3.8, 4) is 17.1 Å². The fourth-order valence-electron chi connectivity index (χ4n) is 2.71. The first-order valence-electron chi connectivity index (χ1n) is 8.04. The van der Waals surface area contributed by atoms with Gasteiger partial charge in [-0.15, -0.1) is 10.2 Å². The molecule has 2 heterocycles. The fraction of sp³-hybridized carbons (Fsp3) is 0.211. The van der Waals surface area contributed by atoms with E-state index in [9.17, 15) is 0 Å². The first-order chi connectivity index (χ1) is 12.2. The van der Waals surface area contributed by atoms with Crippen LogP contribution in [0.15, 0.2) is 52.7 Å². The molecule has 6 heteroatoms. The Morgan fingerprint density at radius 3 is 2.44 bits per heavy atom. The molecule has 0 aliphatic carbocycles. The molecule has 0 N–H and O–H groups in total. The van der Waals surface area contributed by atoms with Crippen LogP contribution in [0.4, 0.5) is 0 Å². The minimum absolute atomic E-state index is 0.742. The van der Waals surface area contributed by atoms with Gasteiger partial charge in [-0.1, -0.05) is 23.9 Å². The predicted molar refractivity (Wildman–Crippen MR) is 101 cm³/mol. The summed E-state index contributed by atoms with van der Waals surface area (Å²) in [5.74, 6) is 2.35. The number of hydrogen-bond acceptors (Lipinski definition) is 5. The third-order valence-electron chi connectivity index (χ3n) is 4.36. The maximum Gasteiger partial charge on any atom is 0.212 e. The van der Waals surface area contributed by atoms with Crippen LogP contribution in [0.2, 0.25) is 0 Å². The first-order valence-corrected chi connectivity index (χ1v) is 9.02. The van der Waals surface area contributed by atoms with Crippen molar-refractivity contribution in [2.45, 2.75) is 19.0 Å². The predicted octanol–water partition coefficient (Wildman–Crippen LogP) is 3.93. The molecule has 1 aliphatic heterocycles. The second-order valence-corrected chi connectivity index (χ2v) is 6.92. The highest BCUT2D eigenvalue weighted by atomic mass is 32.2. The van der Waals surface area contributed by atoms with Crippen LogP contribution in [0.5, 0.6) is 5.75 Å². The zero-order valence-corrected chi connectivity index (χ0v) is 15.2. The van der Waals surface area contributed by atoms with Crippen LogP contribution >= 0.6 is 11.8 Å². The van der Waals surface area contributed by atoms with Crippen LogP contribution in [0.1, 0.15) is 16.7 Å². The maximum absolute atomic E-state index is 5.22. The molecule has 0 amide bonds. The van der Waals surface area contributed by atoms with Crippen molar-refractivity contribution in [3.63, 3.8) is 0 Å². The Labute approximate surface area is 150 Å². The Morgan fingerprint density at radius 1 is 0.960 bits per heavy atom. The molecule has 0 spiro atoms. The van der Waals surface area contributed by atoms with Crippen LogP contribution in [0.25, 0.3) is 11.4 Å². The zero-order chi connectivity index (χ0) is 17.4. The Morgan fingerprint density at radius 2 is 1.72 bits per heavy atom. The number of ether oxygens (including phenoxy) is 1. The summed E-state index contributed by atoms with van der Waals surface area (Å²) < 4.78 is 7.05. The summed E-state index contributed by atoms with van der Waals surface area (Å²) in [6.07, 6.45) is 0. The molecular formula is C19H18N4OS. The molecule has 0 bridgehead atoms. The molecule has 0 radical (unpaired) electrons. The molecule has 0 saturated carbocycles. The van der Waals surface area contributed by atoms with E-state index in [0.717, 1.165) is 39.3 Å². The summed E-state index contributed by atoms with van der Waals surface area (Å²) in [5, 5.41) is 14.2. The van der Waals surface area contributed by atoms with E-state index in [-0.39, 0.29) is 0 Å². The molecule has 25 heavy (non-hydrogen) atoms. The third-order valence-corrected chi connectivity index (χ3v) is 5.29. The molecule has 1 aromatic heterocycles. The Balaban J connectivity index is 1.75. The van der Waals surface area contributed by atoms with Gasteiger partial charge in [0.1, 0.15) is 5.75 Å². The molecule has 126 valence electrons. The fourth-order valence-corrected chi connectivity index (χ4v) is 3.55. The van der Waals surface area contributed by atoms with Crippen molar-refractivity contribution in [2.75, 3.05) is 12.9 Å². The summed E-state index contributed by atoms with van der Waals surface area (Å²) in [5.41, 5.74) is 5.71. The monoisotopic (exact) mass is 350 g/mol. The summed E-state index contributed by atoms with van der Waals surface area (Å²) >= 11 is 1.66. The maximum atomic E-state index is 5.22. The molecular weight excluding hydrogens is 332 g/mol. The molecule has 2 aromatic carbocycles. The van der Waals surface area contributed by atoms with Crippen LogP contribution in [0.3, 0.4) is 0 Å². The summed E-state index contributed by atoms with van der Waals surface area (Å²) in [4.78, 5) is 0. The smallest absolute Gasteiger partial charge is 0.212 e. The van der Waals surface area contributed by atoms with Gasteiger partial charge in [-0.05, 0) is 60.9 Å². The van der Waals surface area contributed by atoms with E-state index in [0.29, 0.717) is 0 Å². The van der Waals surface area contributed by atoms with Gasteiger partial charge in [-0.2, -0.15) is 9.78 Å². The highest BCUT2D eigenvalue weighted by molar-refractivity contribution is 7.99. The standard InChI is InChI=1S/C19H18N4OS/c1-12-4-5-15(10-13(12)2)17-11-25-19-21-20-18(23(19)22-17)14-6-8-16(24-3)9-7-14/h4-10H,11H2,1-3H3. The minimum atomic E-state index is 0.742. The van der Waals surface area contributed by atoms with Crippen molar-refractivity contribution >= 4 is 17.5 Å². The number of thioether (sulfide) groups is 1. The Hall–Kier alpha value is -2.60. The lowest BCUT2D eigenvalue weighted by Gasteiger charge is -2.15. The topological polar surface area (TPSA) is 52.3 Å². The summed E-state index contributed by atoms with van der Waals surface area (Å²) in [6, 6.07) is 14.2. The first kappa shape index (κ1) is 15.9. The molecule has 0 atom stereocenters. The summed E-state index contributed by atoms with van der Waals surface area (Å²) in [6.45, 7) is 4.25. The number of rotatable bonds is 3. The number of hydrogen-bond donors (Lipinski definition) is 0. The number of nitrogens with zero attached hydrogens (tertiary/aromatic N) is 4. The molecule has 5 nitrogen and oxygen atoms in total. The average molecular weight is 350 g/mol. The molecule has 4 rings (SSSR count). The normalized spacial score (nSPS) is 13.3. The molecule has 1 aliphatic rings. The molecule has 0 fully saturated rings. The Kier molecular flexibility index (Phi) is 4.05. The van der Waals surface area contributed by atoms with Gasteiger partial charge in [0.05, 0.1) is 12.8 Å². The van der Waals surface area contributed by atoms with Gasteiger partial charge in [0, 0.05) is 11.3 Å². The van der Waals surface area contributed by atoms with E-state index in [1.807, 2.05) is 28.9 Å². The second-order valence-electron chi connectivity index (χ2n) is 5.98. The molecule has 0 unspecified atom stereocenters. The van der Waals surface area contributed by atoms with E-state index in [4.69, 9.17) is 9.84 Å². The highest BCUT2D eigenvalue weighted by Crippen LogP contribution is 2.29. The molecule has 0 saturated heterocycles. The third kappa shape index (κ3) is 2.93. The lowest BCUT2D eigenvalue weighted by Crippen LogP contribution is -2.14. The second kappa shape index (κ2) is 6.37. The van der Waals surface area contributed by atoms with E-state index < -0.39 is 0 Å². The van der Waals surface area contributed by atoms with Crippen LogP contribution in [-0.4, -0.2) is 33.4 Å². The quantitative estimate of drug-likeness (QED) is 0.718. The van der Waals surface area contributed by atoms with Crippen molar-refractivity contribution in [1.29, 1.82) is 0 Å². The lowest BCUT2D eigenvalue weighted by molar-refractivity contribution is 0.415. The van der Waals surface area contributed by atoms with Crippen LogP contribution in [-0.2, 0) is 0 Å². The van der Waals surface area contributed by atoms with Crippen molar-refractivity contribution < 1.29 is 4.74 Å². The zero-order valence-electron chi connectivity index (χ0n) is 14.4. The number of fused-ring (bicyclic) bond motifs is 1. The minimum Gasteiger partial charge on any atom is -0.497 e. The SMILES string of the molecule is COc1ccc(-c2nnc3n2N=C(c2ccc(C)c(C)c2)CS3)cc1. The van der Waals surface area contributed by atoms with E-state index in [1.165, 1.54) is 11.1 Å². The van der Waals surface area contributed by atoms with E-state index >= 15 is 0 Å². The summed E-state index contributed by atoms with van der Waals surface area (Å²) in [7, 11) is 1.66. The van der Waals surface area contributed by atoms with Gasteiger partial charge in [0.2, 0.25) is 5.16 Å². The molecule has 3 aromatic rings. The number of benzene rings is 2.